The summed E-state index contributed by atoms with van der Waals surface area (Å²) in [6, 6.07) is 9.92. The molecule has 3 rings (SSSR count). The van der Waals surface area contributed by atoms with Crippen molar-refractivity contribution in [2.75, 3.05) is 20.2 Å². The largest absolute Gasteiger partial charge is 0.492 e. The van der Waals surface area contributed by atoms with Crippen LogP contribution >= 0.6 is 0 Å². The fourth-order valence-electron chi connectivity index (χ4n) is 3.27. The van der Waals surface area contributed by atoms with Gasteiger partial charge in [0.2, 0.25) is 0 Å². The maximum Gasteiger partial charge on any atom is 0.317 e. The SMILES string of the molecule is CN(CCOc1ccccc1)C(=O)NCc1nncn1C1CCCCC1. The quantitative estimate of drug-likeness (QED) is 0.827. The normalized spacial score (nSPS) is 14.8. The Morgan fingerprint density at radius 1 is 1.27 bits per heavy atom. The number of carbonyl (C=O) groups is 1. The van der Waals surface area contributed by atoms with Gasteiger partial charge in [-0.1, -0.05) is 37.5 Å². The van der Waals surface area contributed by atoms with Crippen LogP contribution in [0.3, 0.4) is 0 Å². The van der Waals surface area contributed by atoms with E-state index < -0.39 is 0 Å². The maximum absolute atomic E-state index is 12.3. The molecule has 0 bridgehead atoms. The number of ether oxygens (including phenoxy) is 1. The Hall–Kier alpha value is -2.57. The number of nitrogens with zero attached hydrogens (tertiary/aromatic N) is 4. The van der Waals surface area contributed by atoms with Gasteiger partial charge in [-0.15, -0.1) is 10.2 Å². The molecule has 1 fully saturated rings. The number of rotatable bonds is 7. The van der Waals surface area contributed by atoms with Gasteiger partial charge in [0.1, 0.15) is 18.7 Å². The average molecular weight is 357 g/mol. The predicted octanol–water partition coefficient (Wildman–Crippen LogP) is 3.00. The summed E-state index contributed by atoms with van der Waals surface area (Å²) >= 11 is 0. The lowest BCUT2D eigenvalue weighted by atomic mass is 9.95. The van der Waals surface area contributed by atoms with Crippen molar-refractivity contribution in [1.29, 1.82) is 0 Å². The second-order valence-corrected chi connectivity index (χ2v) is 6.69. The molecular weight excluding hydrogens is 330 g/mol. The summed E-state index contributed by atoms with van der Waals surface area (Å²) in [7, 11) is 1.76. The molecule has 1 aromatic carbocycles. The summed E-state index contributed by atoms with van der Waals surface area (Å²) in [5, 5.41) is 11.1. The molecule has 7 heteroatoms. The highest BCUT2D eigenvalue weighted by atomic mass is 16.5. The minimum atomic E-state index is -0.139. The third-order valence-corrected chi connectivity index (χ3v) is 4.80. The van der Waals surface area contributed by atoms with Gasteiger partial charge >= 0.3 is 6.03 Å². The molecule has 1 N–H and O–H groups in total. The number of urea groups is 1. The van der Waals surface area contributed by atoms with Gasteiger partial charge < -0.3 is 19.5 Å². The molecule has 1 saturated carbocycles. The van der Waals surface area contributed by atoms with Crippen LogP contribution in [-0.4, -0.2) is 45.9 Å². The molecule has 140 valence electrons. The summed E-state index contributed by atoms with van der Waals surface area (Å²) in [6.45, 7) is 1.35. The fraction of sp³-hybridized carbons (Fsp3) is 0.526. The molecule has 26 heavy (non-hydrogen) atoms. The highest BCUT2D eigenvalue weighted by molar-refractivity contribution is 5.73. The van der Waals surface area contributed by atoms with Crippen LogP contribution in [0.25, 0.3) is 0 Å². The van der Waals surface area contributed by atoms with E-state index in [1.807, 2.05) is 30.3 Å². The van der Waals surface area contributed by atoms with Crippen LogP contribution in [0.2, 0.25) is 0 Å². The highest BCUT2D eigenvalue weighted by Crippen LogP contribution is 2.28. The van der Waals surface area contributed by atoms with Crippen molar-refractivity contribution in [3.8, 4) is 5.75 Å². The van der Waals surface area contributed by atoms with Crippen molar-refractivity contribution >= 4 is 6.03 Å². The third-order valence-electron chi connectivity index (χ3n) is 4.80. The van der Waals surface area contributed by atoms with Crippen LogP contribution in [0.1, 0.15) is 44.0 Å². The Balaban J connectivity index is 1.42. The molecule has 2 amide bonds. The number of likely N-dealkylation sites (N-methyl/N-ethyl adjacent to an activating group) is 1. The molecule has 7 nitrogen and oxygen atoms in total. The number of hydrogen-bond donors (Lipinski definition) is 1. The van der Waals surface area contributed by atoms with Crippen LogP contribution in [-0.2, 0) is 6.54 Å². The Bertz CT molecular complexity index is 682. The standard InChI is InChI=1S/C19H27N5O2/c1-23(12-13-26-17-10-6-3-7-11-17)19(25)20-14-18-22-21-15-24(18)16-8-4-2-5-9-16/h3,6-7,10-11,15-16H,2,4-5,8-9,12-14H2,1H3,(H,20,25). The van der Waals surface area contributed by atoms with E-state index in [9.17, 15) is 4.79 Å². The van der Waals surface area contributed by atoms with E-state index in [0.717, 1.165) is 24.4 Å². The Morgan fingerprint density at radius 3 is 2.81 bits per heavy atom. The molecule has 0 atom stereocenters. The number of benzene rings is 1. The van der Waals surface area contributed by atoms with Crippen molar-refractivity contribution in [2.24, 2.45) is 0 Å². The predicted molar refractivity (Wildman–Crippen MR) is 98.9 cm³/mol. The van der Waals surface area contributed by atoms with E-state index >= 15 is 0 Å². The second-order valence-electron chi connectivity index (χ2n) is 6.69. The first-order valence-electron chi connectivity index (χ1n) is 9.29. The van der Waals surface area contributed by atoms with Crippen LogP contribution in [0.4, 0.5) is 4.79 Å². The van der Waals surface area contributed by atoms with Crippen molar-refractivity contribution in [3.05, 3.63) is 42.5 Å². The first-order valence-corrected chi connectivity index (χ1v) is 9.29. The first kappa shape index (κ1) is 18.2. The summed E-state index contributed by atoms with van der Waals surface area (Å²) in [5.41, 5.74) is 0. The van der Waals surface area contributed by atoms with Gasteiger partial charge in [0.15, 0.2) is 5.82 Å². The van der Waals surface area contributed by atoms with Crippen molar-refractivity contribution in [1.82, 2.24) is 25.0 Å². The van der Waals surface area contributed by atoms with Crippen molar-refractivity contribution in [2.45, 2.75) is 44.7 Å². The molecule has 2 aromatic rings. The lowest BCUT2D eigenvalue weighted by molar-refractivity contribution is 0.194. The molecule has 1 aliphatic carbocycles. The molecule has 0 aliphatic heterocycles. The molecule has 0 saturated heterocycles. The van der Waals surface area contributed by atoms with Crippen LogP contribution in [0.15, 0.2) is 36.7 Å². The first-order chi connectivity index (χ1) is 12.7. The Kier molecular flexibility index (Phi) is 6.46. The van der Waals surface area contributed by atoms with Gasteiger partial charge in [-0.2, -0.15) is 0 Å². The van der Waals surface area contributed by atoms with E-state index in [2.05, 4.69) is 20.1 Å². The zero-order valence-corrected chi connectivity index (χ0v) is 15.3. The number of aromatic nitrogens is 3. The van der Waals surface area contributed by atoms with E-state index in [-0.39, 0.29) is 6.03 Å². The van der Waals surface area contributed by atoms with Gasteiger partial charge in [0, 0.05) is 13.1 Å². The number of hydrogen-bond acceptors (Lipinski definition) is 4. The monoisotopic (exact) mass is 357 g/mol. The summed E-state index contributed by atoms with van der Waals surface area (Å²) in [4.78, 5) is 13.9. The fourth-order valence-corrected chi connectivity index (χ4v) is 3.27. The Labute approximate surface area is 154 Å². The molecular formula is C19H27N5O2. The number of carbonyl (C=O) groups excluding carboxylic acids is 1. The van der Waals surface area contributed by atoms with Crippen LogP contribution in [0.5, 0.6) is 5.75 Å². The lowest BCUT2D eigenvalue weighted by Crippen LogP contribution is -2.39. The van der Waals surface area contributed by atoms with Gasteiger partial charge in [-0.25, -0.2) is 4.79 Å². The second kappa shape index (κ2) is 9.22. The minimum Gasteiger partial charge on any atom is -0.492 e. The molecule has 1 heterocycles. The third kappa shape index (κ3) is 4.97. The highest BCUT2D eigenvalue weighted by Gasteiger charge is 2.19. The topological polar surface area (TPSA) is 72.3 Å². The molecule has 0 unspecified atom stereocenters. The van der Waals surface area contributed by atoms with Crippen LogP contribution in [0, 0.1) is 0 Å². The van der Waals surface area contributed by atoms with Gasteiger partial charge in [0.05, 0.1) is 13.1 Å². The number of amides is 2. The van der Waals surface area contributed by atoms with E-state index in [4.69, 9.17) is 4.74 Å². The summed E-state index contributed by atoms with van der Waals surface area (Å²) < 4.78 is 7.75. The molecule has 1 aromatic heterocycles. The summed E-state index contributed by atoms with van der Waals surface area (Å²) in [5.74, 6) is 1.63. The van der Waals surface area contributed by atoms with Crippen molar-refractivity contribution in [3.63, 3.8) is 0 Å². The van der Waals surface area contributed by atoms with E-state index in [1.54, 1.807) is 18.3 Å². The average Bonchev–Trinajstić information content (AvgIpc) is 3.16. The zero-order valence-electron chi connectivity index (χ0n) is 15.3. The lowest BCUT2D eigenvalue weighted by Gasteiger charge is -2.24. The molecule has 0 spiro atoms. The van der Waals surface area contributed by atoms with Crippen molar-refractivity contribution < 1.29 is 9.53 Å². The Morgan fingerprint density at radius 2 is 2.04 bits per heavy atom. The van der Waals surface area contributed by atoms with Gasteiger partial charge in [-0.05, 0) is 25.0 Å². The number of para-hydroxylation sites is 1. The van der Waals surface area contributed by atoms with E-state index in [0.29, 0.717) is 25.7 Å². The summed E-state index contributed by atoms with van der Waals surface area (Å²) in [6.07, 6.45) is 7.92. The smallest absolute Gasteiger partial charge is 0.317 e. The molecule has 1 aliphatic rings. The van der Waals surface area contributed by atoms with Crippen LogP contribution < -0.4 is 10.1 Å². The minimum absolute atomic E-state index is 0.139. The van der Waals surface area contributed by atoms with Gasteiger partial charge in [0.25, 0.3) is 0 Å². The number of nitrogens with one attached hydrogen (secondary N) is 1. The van der Waals surface area contributed by atoms with Gasteiger partial charge in [-0.3, -0.25) is 0 Å². The molecule has 0 radical (unpaired) electrons. The van der Waals surface area contributed by atoms with E-state index in [1.165, 1.54) is 19.3 Å². The zero-order chi connectivity index (χ0) is 18.2. The maximum atomic E-state index is 12.3.